The van der Waals surface area contributed by atoms with Crippen molar-refractivity contribution >= 4 is 63.3 Å². The maximum Gasteiger partial charge on any atom is 0.268 e. The van der Waals surface area contributed by atoms with Crippen molar-refractivity contribution in [1.82, 2.24) is 4.90 Å². The van der Waals surface area contributed by atoms with Crippen molar-refractivity contribution in [2.45, 2.75) is 11.8 Å². The van der Waals surface area contributed by atoms with Crippen molar-refractivity contribution in [3.63, 3.8) is 0 Å². The topological polar surface area (TPSA) is 23.6 Å². The fraction of sp³-hybridized carbons (Fsp3) is 0.231. The van der Waals surface area contributed by atoms with Crippen LogP contribution in [0.2, 0.25) is 5.02 Å². The number of rotatable bonds is 1. The van der Waals surface area contributed by atoms with Crippen LogP contribution in [-0.2, 0) is 4.79 Å². The molecule has 1 aromatic rings. The van der Waals surface area contributed by atoms with Crippen molar-refractivity contribution in [1.29, 1.82) is 0 Å². The number of thioether (sulfide) groups is 2. The summed E-state index contributed by atoms with van der Waals surface area (Å²) in [6.45, 7) is 2.53. The van der Waals surface area contributed by atoms with Crippen LogP contribution in [0.1, 0.15) is 6.92 Å². The third kappa shape index (κ3) is 2.15. The van der Waals surface area contributed by atoms with Gasteiger partial charge in [-0.1, -0.05) is 47.3 Å². The lowest BCUT2D eigenvalue weighted by atomic mass is 10.3. The number of anilines is 1. The van der Waals surface area contributed by atoms with Crippen molar-refractivity contribution in [2.24, 2.45) is 0 Å². The second kappa shape index (κ2) is 5.26. The molecule has 20 heavy (non-hydrogen) atoms. The van der Waals surface area contributed by atoms with Gasteiger partial charge < -0.3 is 4.90 Å². The van der Waals surface area contributed by atoms with E-state index in [9.17, 15) is 4.79 Å². The maximum absolute atomic E-state index is 12.4. The van der Waals surface area contributed by atoms with Gasteiger partial charge in [-0.2, -0.15) is 0 Å². The van der Waals surface area contributed by atoms with Crippen LogP contribution in [0.4, 0.5) is 5.69 Å². The summed E-state index contributed by atoms with van der Waals surface area (Å²) in [5.74, 6) is -0.00393. The Labute approximate surface area is 136 Å². The molecule has 0 saturated carbocycles. The zero-order valence-corrected chi connectivity index (χ0v) is 14.0. The smallest absolute Gasteiger partial charge is 0.268 e. The maximum atomic E-state index is 12.4. The summed E-state index contributed by atoms with van der Waals surface area (Å²) in [6, 6.07) is 5.76. The molecule has 3 rings (SSSR count). The highest BCUT2D eigenvalue weighted by Gasteiger charge is 2.37. The molecule has 0 aliphatic carbocycles. The van der Waals surface area contributed by atoms with Crippen LogP contribution in [0.15, 0.2) is 33.0 Å². The van der Waals surface area contributed by atoms with Gasteiger partial charge in [0.1, 0.15) is 9.23 Å². The van der Waals surface area contributed by atoms with Crippen LogP contribution in [0, 0.1) is 0 Å². The summed E-state index contributed by atoms with van der Waals surface area (Å²) < 4.78 is 0.628. The number of hydrogen-bond donors (Lipinski definition) is 0. The van der Waals surface area contributed by atoms with E-state index < -0.39 is 0 Å². The van der Waals surface area contributed by atoms with Crippen molar-refractivity contribution < 1.29 is 4.79 Å². The van der Waals surface area contributed by atoms with E-state index in [1.54, 1.807) is 16.7 Å². The molecular weight excluding hydrogens is 332 g/mol. The van der Waals surface area contributed by atoms with E-state index in [-0.39, 0.29) is 5.91 Å². The minimum atomic E-state index is -0.00393. The van der Waals surface area contributed by atoms with Gasteiger partial charge in [0.15, 0.2) is 0 Å². The summed E-state index contributed by atoms with van der Waals surface area (Å²) in [5.41, 5.74) is 1.03. The van der Waals surface area contributed by atoms with Crippen LogP contribution in [0.3, 0.4) is 0 Å². The number of benzene rings is 1. The molecule has 2 aliphatic heterocycles. The predicted octanol–water partition coefficient (Wildman–Crippen LogP) is 3.93. The molecule has 1 fully saturated rings. The molecule has 0 spiro atoms. The largest absolute Gasteiger partial charge is 0.337 e. The number of fused-ring (bicyclic) bond motifs is 1. The normalized spacial score (nSPS) is 21.9. The van der Waals surface area contributed by atoms with Gasteiger partial charge in [-0.05, 0) is 25.1 Å². The summed E-state index contributed by atoms with van der Waals surface area (Å²) in [5, 5.41) is 1.62. The number of halogens is 1. The lowest BCUT2D eigenvalue weighted by Gasteiger charge is -2.15. The minimum Gasteiger partial charge on any atom is -0.337 e. The Morgan fingerprint density at radius 3 is 2.75 bits per heavy atom. The minimum absolute atomic E-state index is 0.00393. The van der Waals surface area contributed by atoms with Gasteiger partial charge in [-0.15, -0.1) is 0 Å². The number of nitrogens with zero attached hydrogens (tertiary/aromatic N) is 2. The van der Waals surface area contributed by atoms with E-state index in [1.165, 1.54) is 11.8 Å². The molecular formula is C13H11ClN2OS3. The molecule has 1 saturated heterocycles. The molecule has 0 bridgehead atoms. The lowest BCUT2D eigenvalue weighted by Crippen LogP contribution is -2.28. The molecule has 7 heteroatoms. The molecule has 2 heterocycles. The average molecular weight is 343 g/mol. The Morgan fingerprint density at radius 2 is 2.10 bits per heavy atom. The van der Waals surface area contributed by atoms with Gasteiger partial charge in [-0.3, -0.25) is 9.69 Å². The first kappa shape index (κ1) is 14.3. The van der Waals surface area contributed by atoms with Crippen LogP contribution < -0.4 is 4.90 Å². The molecule has 0 N–H and O–H groups in total. The van der Waals surface area contributed by atoms with Gasteiger partial charge in [0, 0.05) is 23.5 Å². The van der Waals surface area contributed by atoms with Gasteiger partial charge in [-0.25, -0.2) is 0 Å². The van der Waals surface area contributed by atoms with E-state index in [2.05, 4.69) is 0 Å². The molecule has 0 aromatic heterocycles. The summed E-state index contributed by atoms with van der Waals surface area (Å²) in [4.78, 5) is 17.8. The third-order valence-corrected chi connectivity index (χ3v) is 6.19. The quantitative estimate of drug-likeness (QED) is 0.568. The van der Waals surface area contributed by atoms with Crippen LogP contribution in [0.25, 0.3) is 0 Å². The molecule has 2 aliphatic rings. The van der Waals surface area contributed by atoms with Crippen LogP contribution in [0.5, 0.6) is 0 Å². The van der Waals surface area contributed by atoms with E-state index in [4.69, 9.17) is 23.8 Å². The summed E-state index contributed by atoms with van der Waals surface area (Å²) in [6.07, 6.45) is 0. The Morgan fingerprint density at radius 1 is 1.35 bits per heavy atom. The molecule has 3 nitrogen and oxygen atoms in total. The Bertz CT molecular complexity index is 659. The number of amides is 1. The van der Waals surface area contributed by atoms with Crippen LogP contribution >= 0.6 is 47.3 Å². The first-order valence-electron chi connectivity index (χ1n) is 6.02. The van der Waals surface area contributed by atoms with Crippen LogP contribution in [-0.4, -0.2) is 28.7 Å². The SMILES string of the molecule is CCN1C(=O)/C(=C2\Sc3ccc(Cl)cc3N2C)SC1=S. The second-order valence-electron chi connectivity index (χ2n) is 4.32. The fourth-order valence-electron chi connectivity index (χ4n) is 2.12. The number of carbonyl (C=O) groups is 1. The van der Waals surface area contributed by atoms with E-state index in [0.717, 1.165) is 15.6 Å². The fourth-order valence-corrected chi connectivity index (χ4v) is 4.98. The van der Waals surface area contributed by atoms with E-state index in [1.807, 2.05) is 37.1 Å². The molecule has 1 aromatic carbocycles. The number of likely N-dealkylation sites (N-methyl/N-ethyl adjacent to an activating group) is 1. The summed E-state index contributed by atoms with van der Waals surface area (Å²) >= 11 is 14.3. The van der Waals surface area contributed by atoms with Crippen molar-refractivity contribution in [2.75, 3.05) is 18.5 Å². The Balaban J connectivity index is 2.04. The zero-order chi connectivity index (χ0) is 14.4. The molecule has 104 valence electrons. The van der Waals surface area contributed by atoms with Gasteiger partial charge in [0.2, 0.25) is 0 Å². The first-order valence-corrected chi connectivity index (χ1v) is 8.44. The molecule has 1 amide bonds. The Hall–Kier alpha value is -0.690. The average Bonchev–Trinajstić information content (AvgIpc) is 2.88. The highest BCUT2D eigenvalue weighted by Crippen LogP contribution is 2.50. The van der Waals surface area contributed by atoms with Crippen molar-refractivity contribution in [3.05, 3.63) is 33.2 Å². The van der Waals surface area contributed by atoms with E-state index in [0.29, 0.717) is 20.8 Å². The second-order valence-corrected chi connectivity index (χ2v) is 7.44. The number of carbonyl (C=O) groups excluding carboxylic acids is 1. The highest BCUT2D eigenvalue weighted by atomic mass is 35.5. The number of hydrogen-bond acceptors (Lipinski definition) is 5. The van der Waals surface area contributed by atoms with Gasteiger partial charge >= 0.3 is 0 Å². The number of thiocarbonyl (C=S) groups is 1. The van der Waals surface area contributed by atoms with Gasteiger partial charge in [0.25, 0.3) is 5.91 Å². The first-order chi connectivity index (χ1) is 9.52. The highest BCUT2D eigenvalue weighted by molar-refractivity contribution is 8.27. The molecule has 0 unspecified atom stereocenters. The van der Waals surface area contributed by atoms with Gasteiger partial charge in [0.05, 0.1) is 10.7 Å². The lowest BCUT2D eigenvalue weighted by molar-refractivity contribution is -0.122. The Kier molecular flexibility index (Phi) is 3.75. The molecule has 0 atom stereocenters. The summed E-state index contributed by atoms with van der Waals surface area (Å²) in [7, 11) is 1.95. The molecule has 0 radical (unpaired) electrons. The monoisotopic (exact) mass is 342 g/mol. The van der Waals surface area contributed by atoms with E-state index >= 15 is 0 Å². The zero-order valence-electron chi connectivity index (χ0n) is 10.8. The predicted molar refractivity (Wildman–Crippen MR) is 90.3 cm³/mol. The third-order valence-electron chi connectivity index (χ3n) is 3.15. The van der Waals surface area contributed by atoms with Crippen molar-refractivity contribution in [3.8, 4) is 0 Å². The standard InChI is InChI=1S/C13H11ClN2OS3/c1-3-16-11(17)10(20-13(16)18)12-15(2)8-6-7(14)4-5-9(8)19-12/h4-6H,3H2,1-2H3/b12-10+.